The Balaban J connectivity index is 1.93. The molecule has 0 saturated heterocycles. The molecule has 24 heavy (non-hydrogen) atoms. The second-order valence-electron chi connectivity index (χ2n) is 5.86. The van der Waals surface area contributed by atoms with E-state index in [4.69, 9.17) is 4.74 Å². The van der Waals surface area contributed by atoms with Gasteiger partial charge in [0.1, 0.15) is 5.75 Å². The van der Waals surface area contributed by atoms with Gasteiger partial charge in [-0.25, -0.2) is 0 Å². The zero-order valence-electron chi connectivity index (χ0n) is 14.4. The molecule has 128 valence electrons. The fourth-order valence-electron chi connectivity index (χ4n) is 2.38. The first kappa shape index (κ1) is 18.5. The van der Waals surface area contributed by atoms with Gasteiger partial charge in [0.25, 0.3) is 0 Å². The van der Waals surface area contributed by atoms with Crippen LogP contribution in [0.2, 0.25) is 0 Å². The predicted octanol–water partition coefficient (Wildman–Crippen LogP) is 4.36. The summed E-state index contributed by atoms with van der Waals surface area (Å²) in [6, 6.07) is 12.0. The molecule has 2 aromatic rings. The van der Waals surface area contributed by atoms with E-state index >= 15 is 0 Å². The maximum atomic E-state index is 12.2. The summed E-state index contributed by atoms with van der Waals surface area (Å²) in [6.07, 6.45) is 0. The van der Waals surface area contributed by atoms with E-state index in [1.54, 1.807) is 7.11 Å². The molecule has 0 heterocycles. The Hall–Kier alpha value is -1.85. The summed E-state index contributed by atoms with van der Waals surface area (Å²) in [6.45, 7) is 6.27. The molecule has 0 bridgehead atoms. The van der Waals surface area contributed by atoms with Crippen molar-refractivity contribution in [3.8, 4) is 5.75 Å². The second kappa shape index (κ2) is 8.31. The van der Waals surface area contributed by atoms with Crippen molar-refractivity contribution in [1.82, 2.24) is 5.32 Å². The predicted molar refractivity (Wildman–Crippen MR) is 102 cm³/mol. The molecular weight excluding hydrogens is 368 g/mol. The Morgan fingerprint density at radius 1 is 1.21 bits per heavy atom. The molecule has 0 aliphatic heterocycles. The van der Waals surface area contributed by atoms with Gasteiger partial charge in [0.15, 0.2) is 0 Å². The number of amides is 1. The molecule has 1 amide bonds. The van der Waals surface area contributed by atoms with Crippen molar-refractivity contribution in [2.45, 2.75) is 26.8 Å². The lowest BCUT2D eigenvalue weighted by atomic mass is 10.1. The standard InChI is InChI=1S/C19H23BrN2O2/c1-12-5-6-13(2)17(9-12)22-19(23)11-21-14(3)15-7-8-18(24-4)16(20)10-15/h5-10,14,21H,11H2,1-4H3,(H,22,23)/t14-/m0/s1. The third-order valence-electron chi connectivity index (χ3n) is 3.91. The van der Waals surface area contributed by atoms with E-state index in [1.165, 1.54) is 0 Å². The Morgan fingerprint density at radius 3 is 2.62 bits per heavy atom. The molecule has 0 aromatic heterocycles. The quantitative estimate of drug-likeness (QED) is 0.769. The van der Waals surface area contributed by atoms with Gasteiger partial charge in [-0.2, -0.15) is 0 Å². The summed E-state index contributed by atoms with van der Waals surface area (Å²) in [5.41, 5.74) is 4.13. The third-order valence-corrected chi connectivity index (χ3v) is 4.53. The zero-order valence-corrected chi connectivity index (χ0v) is 16.0. The number of benzene rings is 2. The number of ether oxygens (including phenoxy) is 1. The number of hydrogen-bond acceptors (Lipinski definition) is 3. The van der Waals surface area contributed by atoms with E-state index < -0.39 is 0 Å². The van der Waals surface area contributed by atoms with E-state index in [0.717, 1.165) is 32.6 Å². The maximum Gasteiger partial charge on any atom is 0.238 e. The first-order chi connectivity index (χ1) is 11.4. The topological polar surface area (TPSA) is 50.4 Å². The summed E-state index contributed by atoms with van der Waals surface area (Å²) in [4.78, 5) is 12.2. The summed E-state index contributed by atoms with van der Waals surface area (Å²) in [5.74, 6) is 0.738. The normalized spacial score (nSPS) is 11.9. The van der Waals surface area contributed by atoms with Crippen molar-refractivity contribution in [3.05, 3.63) is 57.6 Å². The number of rotatable bonds is 6. The number of carbonyl (C=O) groups excluding carboxylic acids is 1. The molecule has 2 aromatic carbocycles. The molecule has 1 atom stereocenters. The SMILES string of the molecule is COc1ccc([C@H](C)NCC(=O)Nc2cc(C)ccc2C)cc1Br. The van der Waals surface area contributed by atoms with Gasteiger partial charge in [-0.3, -0.25) is 4.79 Å². The van der Waals surface area contributed by atoms with Crippen LogP contribution >= 0.6 is 15.9 Å². The van der Waals surface area contributed by atoms with Crippen LogP contribution in [0.1, 0.15) is 29.7 Å². The van der Waals surface area contributed by atoms with Crippen LogP contribution in [0.5, 0.6) is 5.75 Å². The smallest absolute Gasteiger partial charge is 0.238 e. The number of methoxy groups -OCH3 is 1. The molecule has 0 saturated carbocycles. The van der Waals surface area contributed by atoms with Crippen LogP contribution in [-0.4, -0.2) is 19.6 Å². The average Bonchev–Trinajstić information content (AvgIpc) is 2.56. The lowest BCUT2D eigenvalue weighted by Crippen LogP contribution is -2.30. The van der Waals surface area contributed by atoms with Gasteiger partial charge in [-0.1, -0.05) is 18.2 Å². The van der Waals surface area contributed by atoms with Crippen molar-refractivity contribution < 1.29 is 9.53 Å². The van der Waals surface area contributed by atoms with Crippen molar-refractivity contribution in [1.29, 1.82) is 0 Å². The maximum absolute atomic E-state index is 12.2. The van der Waals surface area contributed by atoms with Crippen LogP contribution < -0.4 is 15.4 Å². The average molecular weight is 391 g/mol. The number of aryl methyl sites for hydroxylation is 2. The minimum atomic E-state index is -0.0527. The van der Waals surface area contributed by atoms with Gasteiger partial charge >= 0.3 is 0 Å². The number of nitrogens with one attached hydrogen (secondary N) is 2. The number of anilines is 1. The van der Waals surface area contributed by atoms with E-state index in [1.807, 2.05) is 57.2 Å². The Morgan fingerprint density at radius 2 is 1.96 bits per heavy atom. The van der Waals surface area contributed by atoms with E-state index in [-0.39, 0.29) is 18.5 Å². The summed E-state index contributed by atoms with van der Waals surface area (Å²) >= 11 is 3.48. The van der Waals surface area contributed by atoms with E-state index in [9.17, 15) is 4.79 Å². The Bertz CT molecular complexity index is 731. The first-order valence-corrected chi connectivity index (χ1v) is 8.64. The van der Waals surface area contributed by atoms with Gasteiger partial charge in [0.2, 0.25) is 5.91 Å². The van der Waals surface area contributed by atoms with Gasteiger partial charge in [0.05, 0.1) is 18.1 Å². The van der Waals surface area contributed by atoms with Crippen molar-refractivity contribution in [2.75, 3.05) is 19.0 Å². The van der Waals surface area contributed by atoms with Crippen LogP contribution in [0.3, 0.4) is 0 Å². The highest BCUT2D eigenvalue weighted by Gasteiger charge is 2.11. The number of carbonyl (C=O) groups is 1. The molecular formula is C19H23BrN2O2. The van der Waals surface area contributed by atoms with Crippen LogP contribution in [0.15, 0.2) is 40.9 Å². The Labute approximate surface area is 151 Å². The van der Waals surface area contributed by atoms with Crippen LogP contribution in [0.25, 0.3) is 0 Å². The molecule has 0 fully saturated rings. The highest BCUT2D eigenvalue weighted by atomic mass is 79.9. The van der Waals surface area contributed by atoms with Gasteiger partial charge in [-0.15, -0.1) is 0 Å². The fourth-order valence-corrected chi connectivity index (χ4v) is 2.94. The van der Waals surface area contributed by atoms with Gasteiger partial charge < -0.3 is 15.4 Å². The summed E-state index contributed by atoms with van der Waals surface area (Å²) in [5, 5.41) is 6.20. The molecule has 2 rings (SSSR count). The highest BCUT2D eigenvalue weighted by Crippen LogP contribution is 2.27. The molecule has 0 spiro atoms. The van der Waals surface area contributed by atoms with Crippen molar-refractivity contribution in [2.24, 2.45) is 0 Å². The third kappa shape index (κ3) is 4.82. The zero-order chi connectivity index (χ0) is 17.7. The molecule has 0 aliphatic carbocycles. The summed E-state index contributed by atoms with van der Waals surface area (Å²) < 4.78 is 6.13. The molecule has 0 aliphatic rings. The number of halogens is 1. The minimum Gasteiger partial charge on any atom is -0.496 e. The summed E-state index contributed by atoms with van der Waals surface area (Å²) in [7, 11) is 1.64. The van der Waals surface area contributed by atoms with Crippen LogP contribution in [0.4, 0.5) is 5.69 Å². The molecule has 0 radical (unpaired) electrons. The minimum absolute atomic E-state index is 0.0524. The highest BCUT2D eigenvalue weighted by molar-refractivity contribution is 9.10. The first-order valence-electron chi connectivity index (χ1n) is 7.84. The van der Waals surface area contributed by atoms with Crippen LogP contribution in [0, 0.1) is 13.8 Å². The number of hydrogen-bond donors (Lipinski definition) is 2. The van der Waals surface area contributed by atoms with E-state index in [0.29, 0.717) is 0 Å². The van der Waals surface area contributed by atoms with Crippen molar-refractivity contribution in [3.63, 3.8) is 0 Å². The van der Waals surface area contributed by atoms with Crippen LogP contribution in [-0.2, 0) is 4.79 Å². The van der Waals surface area contributed by atoms with Crippen molar-refractivity contribution >= 4 is 27.5 Å². The van der Waals surface area contributed by atoms with Gasteiger partial charge in [0, 0.05) is 11.7 Å². The lowest BCUT2D eigenvalue weighted by molar-refractivity contribution is -0.115. The molecule has 4 nitrogen and oxygen atoms in total. The lowest BCUT2D eigenvalue weighted by Gasteiger charge is -2.16. The van der Waals surface area contributed by atoms with Gasteiger partial charge in [-0.05, 0) is 71.6 Å². The second-order valence-corrected chi connectivity index (χ2v) is 6.72. The molecule has 0 unspecified atom stereocenters. The molecule has 2 N–H and O–H groups in total. The Kier molecular flexibility index (Phi) is 6.40. The fraction of sp³-hybridized carbons (Fsp3) is 0.316. The molecule has 5 heteroatoms. The largest absolute Gasteiger partial charge is 0.496 e. The van der Waals surface area contributed by atoms with E-state index in [2.05, 4.69) is 26.6 Å². The monoisotopic (exact) mass is 390 g/mol.